The van der Waals surface area contributed by atoms with Crippen molar-refractivity contribution in [2.24, 2.45) is 10.9 Å². The second-order valence-electron chi connectivity index (χ2n) is 4.95. The van der Waals surface area contributed by atoms with Gasteiger partial charge in [-0.1, -0.05) is 6.92 Å². The first-order valence-electron chi connectivity index (χ1n) is 6.57. The molecule has 1 aromatic heterocycles. The SMILES string of the molecule is CN=C(NCCCc1nc(C)cs1)NC1CC1C.I. The van der Waals surface area contributed by atoms with Gasteiger partial charge in [0.05, 0.1) is 5.01 Å². The molecule has 0 radical (unpaired) electrons. The number of hydrogen-bond acceptors (Lipinski definition) is 3. The molecule has 2 atom stereocenters. The van der Waals surface area contributed by atoms with Gasteiger partial charge in [-0.15, -0.1) is 35.3 Å². The maximum absolute atomic E-state index is 4.46. The molecule has 2 rings (SSSR count). The average Bonchev–Trinajstić information content (AvgIpc) is 2.87. The van der Waals surface area contributed by atoms with Gasteiger partial charge in [-0.3, -0.25) is 4.99 Å². The Morgan fingerprint density at radius 3 is 2.84 bits per heavy atom. The van der Waals surface area contributed by atoms with E-state index in [0.29, 0.717) is 6.04 Å². The van der Waals surface area contributed by atoms with Crippen LogP contribution >= 0.6 is 35.3 Å². The first-order chi connectivity index (χ1) is 8.69. The number of nitrogens with zero attached hydrogens (tertiary/aromatic N) is 2. The van der Waals surface area contributed by atoms with Crippen molar-refractivity contribution in [3.63, 3.8) is 0 Å². The zero-order valence-electron chi connectivity index (χ0n) is 11.8. The summed E-state index contributed by atoms with van der Waals surface area (Å²) in [5, 5.41) is 10.1. The van der Waals surface area contributed by atoms with Crippen molar-refractivity contribution in [3.05, 3.63) is 16.1 Å². The monoisotopic (exact) mass is 394 g/mol. The normalized spacial score (nSPS) is 21.7. The van der Waals surface area contributed by atoms with Gasteiger partial charge >= 0.3 is 0 Å². The fourth-order valence-electron chi connectivity index (χ4n) is 1.86. The van der Waals surface area contributed by atoms with E-state index in [0.717, 1.165) is 37.0 Å². The minimum atomic E-state index is 0. The van der Waals surface area contributed by atoms with Crippen molar-refractivity contribution in [1.82, 2.24) is 15.6 Å². The van der Waals surface area contributed by atoms with Crippen molar-refractivity contribution >= 4 is 41.3 Å². The van der Waals surface area contributed by atoms with Crippen molar-refractivity contribution < 1.29 is 0 Å². The van der Waals surface area contributed by atoms with E-state index in [1.54, 1.807) is 11.3 Å². The van der Waals surface area contributed by atoms with Crippen LogP contribution in [0.2, 0.25) is 0 Å². The van der Waals surface area contributed by atoms with E-state index in [1.165, 1.54) is 11.4 Å². The topological polar surface area (TPSA) is 49.3 Å². The molecular formula is C13H23IN4S. The minimum absolute atomic E-state index is 0. The number of guanidine groups is 1. The summed E-state index contributed by atoms with van der Waals surface area (Å²) in [6.45, 7) is 5.25. The van der Waals surface area contributed by atoms with E-state index in [2.05, 4.69) is 32.9 Å². The highest BCUT2D eigenvalue weighted by Gasteiger charge is 2.33. The van der Waals surface area contributed by atoms with E-state index in [-0.39, 0.29) is 24.0 Å². The van der Waals surface area contributed by atoms with Crippen LogP contribution < -0.4 is 10.6 Å². The molecule has 0 bridgehead atoms. The second-order valence-corrected chi connectivity index (χ2v) is 5.89. The molecule has 108 valence electrons. The van der Waals surface area contributed by atoms with E-state index < -0.39 is 0 Å². The molecule has 2 unspecified atom stereocenters. The predicted octanol–water partition coefficient (Wildman–Crippen LogP) is 2.58. The molecule has 0 aromatic carbocycles. The molecule has 0 saturated heterocycles. The van der Waals surface area contributed by atoms with E-state index >= 15 is 0 Å². The molecule has 1 heterocycles. The lowest BCUT2D eigenvalue weighted by atomic mass is 10.3. The third-order valence-electron chi connectivity index (χ3n) is 3.18. The number of rotatable bonds is 5. The third-order valence-corrected chi connectivity index (χ3v) is 4.21. The maximum atomic E-state index is 4.46. The molecule has 1 saturated carbocycles. The van der Waals surface area contributed by atoms with Gasteiger partial charge in [0.1, 0.15) is 0 Å². The Morgan fingerprint density at radius 2 is 2.32 bits per heavy atom. The van der Waals surface area contributed by atoms with Crippen LogP contribution in [0.25, 0.3) is 0 Å². The first kappa shape index (κ1) is 16.7. The maximum Gasteiger partial charge on any atom is 0.191 e. The smallest absolute Gasteiger partial charge is 0.191 e. The Bertz CT molecular complexity index is 419. The summed E-state index contributed by atoms with van der Waals surface area (Å²) in [6, 6.07) is 0.623. The number of hydrogen-bond donors (Lipinski definition) is 2. The lowest BCUT2D eigenvalue weighted by molar-refractivity contribution is 0.724. The molecule has 1 aliphatic carbocycles. The Morgan fingerprint density at radius 1 is 1.58 bits per heavy atom. The molecule has 1 aromatic rings. The molecule has 0 amide bonds. The van der Waals surface area contributed by atoms with Crippen LogP contribution in [-0.4, -0.2) is 30.6 Å². The first-order valence-corrected chi connectivity index (χ1v) is 7.45. The van der Waals surface area contributed by atoms with E-state index in [1.807, 2.05) is 14.0 Å². The Labute approximate surface area is 136 Å². The molecule has 4 nitrogen and oxygen atoms in total. The summed E-state index contributed by atoms with van der Waals surface area (Å²) in [7, 11) is 1.83. The number of aliphatic imine (C=N–C) groups is 1. The number of thiazole rings is 1. The van der Waals surface area contributed by atoms with Crippen molar-refractivity contribution in [2.75, 3.05) is 13.6 Å². The highest BCUT2D eigenvalue weighted by molar-refractivity contribution is 14.0. The van der Waals surface area contributed by atoms with Crippen LogP contribution in [0.4, 0.5) is 0 Å². The fraction of sp³-hybridized carbons (Fsp3) is 0.692. The molecule has 0 aliphatic heterocycles. The summed E-state index contributed by atoms with van der Waals surface area (Å²) in [5.74, 6) is 1.72. The summed E-state index contributed by atoms with van der Waals surface area (Å²) >= 11 is 1.75. The Balaban J connectivity index is 0.00000180. The van der Waals surface area contributed by atoms with Crippen molar-refractivity contribution in [3.8, 4) is 0 Å². The number of halogens is 1. The van der Waals surface area contributed by atoms with Gasteiger partial charge in [-0.05, 0) is 25.7 Å². The lowest BCUT2D eigenvalue weighted by Crippen LogP contribution is -2.39. The third kappa shape index (κ3) is 5.64. The molecular weight excluding hydrogens is 371 g/mol. The quantitative estimate of drug-likeness (QED) is 0.349. The molecule has 1 fully saturated rings. The van der Waals surface area contributed by atoms with Crippen molar-refractivity contribution in [2.45, 2.75) is 39.2 Å². The van der Waals surface area contributed by atoms with Crippen LogP contribution in [0, 0.1) is 12.8 Å². The van der Waals surface area contributed by atoms with E-state index in [4.69, 9.17) is 0 Å². The van der Waals surface area contributed by atoms with Crippen LogP contribution in [0.15, 0.2) is 10.4 Å². The van der Waals surface area contributed by atoms with Crippen LogP contribution in [0.3, 0.4) is 0 Å². The predicted molar refractivity (Wildman–Crippen MR) is 92.7 cm³/mol. The summed E-state index contributed by atoms with van der Waals surface area (Å²) in [6.07, 6.45) is 3.40. The second kappa shape index (κ2) is 8.04. The Hall–Kier alpha value is -0.370. The minimum Gasteiger partial charge on any atom is -0.356 e. The molecule has 19 heavy (non-hydrogen) atoms. The van der Waals surface area contributed by atoms with Gasteiger partial charge in [-0.2, -0.15) is 0 Å². The zero-order chi connectivity index (χ0) is 13.0. The van der Waals surface area contributed by atoms with Crippen LogP contribution in [-0.2, 0) is 6.42 Å². The highest BCUT2D eigenvalue weighted by Crippen LogP contribution is 2.28. The van der Waals surface area contributed by atoms with Gasteiger partial charge in [-0.25, -0.2) is 4.98 Å². The Kier molecular flexibility index (Phi) is 7.06. The summed E-state index contributed by atoms with van der Waals surface area (Å²) in [5.41, 5.74) is 1.13. The highest BCUT2D eigenvalue weighted by atomic mass is 127. The molecule has 0 spiro atoms. The average molecular weight is 394 g/mol. The molecule has 6 heteroatoms. The van der Waals surface area contributed by atoms with Crippen molar-refractivity contribution in [1.29, 1.82) is 0 Å². The summed E-state index contributed by atoms with van der Waals surface area (Å²) < 4.78 is 0. The summed E-state index contributed by atoms with van der Waals surface area (Å²) in [4.78, 5) is 8.69. The standard InChI is InChI=1S/C13H22N4S.HI/c1-9-7-11(9)17-13(14-3)15-6-4-5-12-16-10(2)8-18-12;/h8-9,11H,4-7H2,1-3H3,(H2,14,15,17);1H. The molecule has 1 aliphatic rings. The van der Waals surface area contributed by atoms with Gasteiger partial charge in [0, 0.05) is 37.1 Å². The largest absolute Gasteiger partial charge is 0.356 e. The van der Waals surface area contributed by atoms with Gasteiger partial charge in [0.15, 0.2) is 5.96 Å². The van der Waals surface area contributed by atoms with Gasteiger partial charge in [0.25, 0.3) is 0 Å². The van der Waals surface area contributed by atoms with Crippen LogP contribution in [0.1, 0.15) is 30.5 Å². The van der Waals surface area contributed by atoms with Gasteiger partial charge < -0.3 is 10.6 Å². The zero-order valence-corrected chi connectivity index (χ0v) is 14.9. The van der Waals surface area contributed by atoms with E-state index in [9.17, 15) is 0 Å². The number of aromatic nitrogens is 1. The van der Waals surface area contributed by atoms with Gasteiger partial charge in [0.2, 0.25) is 0 Å². The molecule has 2 N–H and O–H groups in total. The lowest BCUT2D eigenvalue weighted by Gasteiger charge is -2.10. The number of nitrogens with one attached hydrogen (secondary N) is 2. The van der Waals surface area contributed by atoms with Crippen LogP contribution in [0.5, 0.6) is 0 Å². The number of aryl methyl sites for hydroxylation is 2. The fourth-order valence-corrected chi connectivity index (χ4v) is 2.68.